The highest BCUT2D eigenvalue weighted by molar-refractivity contribution is 5.25. The lowest BCUT2D eigenvalue weighted by atomic mass is 9.65. The summed E-state index contributed by atoms with van der Waals surface area (Å²) in [5, 5.41) is 10.6. The predicted octanol–water partition coefficient (Wildman–Crippen LogP) is 4.24. The topological polar surface area (TPSA) is 20.2 Å². The van der Waals surface area contributed by atoms with E-state index >= 15 is 0 Å². The maximum Gasteiger partial charge on any atom is 0.0823 e. The molecule has 0 radical (unpaired) electrons. The SMILES string of the molecule is Cc1cccc(C(O)C2CCCCC2(C)C)c1. The Morgan fingerprint density at radius 3 is 2.71 bits per heavy atom. The Morgan fingerprint density at radius 1 is 1.29 bits per heavy atom. The van der Waals surface area contributed by atoms with E-state index in [-0.39, 0.29) is 11.5 Å². The van der Waals surface area contributed by atoms with Gasteiger partial charge in [-0.2, -0.15) is 0 Å². The molecule has 0 aliphatic heterocycles. The molecule has 0 amide bonds. The van der Waals surface area contributed by atoms with Crippen LogP contribution in [0.15, 0.2) is 24.3 Å². The van der Waals surface area contributed by atoms with Crippen molar-refractivity contribution in [1.82, 2.24) is 0 Å². The first-order valence-corrected chi connectivity index (χ1v) is 6.75. The summed E-state index contributed by atoms with van der Waals surface area (Å²) >= 11 is 0. The molecular weight excluding hydrogens is 208 g/mol. The molecule has 94 valence electrons. The molecule has 2 atom stereocenters. The van der Waals surface area contributed by atoms with Crippen molar-refractivity contribution >= 4 is 0 Å². The van der Waals surface area contributed by atoms with Crippen LogP contribution in [0.5, 0.6) is 0 Å². The van der Waals surface area contributed by atoms with E-state index in [1.807, 2.05) is 6.07 Å². The highest BCUT2D eigenvalue weighted by Gasteiger charge is 2.37. The Morgan fingerprint density at radius 2 is 2.06 bits per heavy atom. The summed E-state index contributed by atoms with van der Waals surface area (Å²) in [6.07, 6.45) is 4.66. The first-order valence-electron chi connectivity index (χ1n) is 6.75. The van der Waals surface area contributed by atoms with Gasteiger partial charge < -0.3 is 5.11 Å². The van der Waals surface area contributed by atoms with Crippen LogP contribution in [-0.2, 0) is 0 Å². The van der Waals surface area contributed by atoms with E-state index in [4.69, 9.17) is 0 Å². The number of hydrogen-bond donors (Lipinski definition) is 1. The molecule has 0 heterocycles. The van der Waals surface area contributed by atoms with E-state index in [1.54, 1.807) is 0 Å². The second-order valence-corrected chi connectivity index (χ2v) is 6.20. The summed E-state index contributed by atoms with van der Waals surface area (Å²) in [7, 11) is 0. The van der Waals surface area contributed by atoms with Gasteiger partial charge in [0.15, 0.2) is 0 Å². The molecule has 2 unspecified atom stereocenters. The van der Waals surface area contributed by atoms with Crippen LogP contribution in [0.3, 0.4) is 0 Å². The van der Waals surface area contributed by atoms with Crippen molar-refractivity contribution in [2.24, 2.45) is 11.3 Å². The number of hydrogen-bond acceptors (Lipinski definition) is 1. The highest BCUT2D eigenvalue weighted by atomic mass is 16.3. The minimum absolute atomic E-state index is 0.265. The Hall–Kier alpha value is -0.820. The lowest BCUT2D eigenvalue weighted by molar-refractivity contribution is 0.00383. The summed E-state index contributed by atoms with van der Waals surface area (Å²) in [5.74, 6) is 0.401. The highest BCUT2D eigenvalue weighted by Crippen LogP contribution is 2.46. The number of aryl methyl sites for hydroxylation is 1. The van der Waals surface area contributed by atoms with Crippen molar-refractivity contribution in [3.05, 3.63) is 35.4 Å². The van der Waals surface area contributed by atoms with Crippen molar-refractivity contribution in [3.63, 3.8) is 0 Å². The van der Waals surface area contributed by atoms with Gasteiger partial charge >= 0.3 is 0 Å². The third-order valence-electron chi connectivity index (χ3n) is 4.35. The number of benzene rings is 1. The minimum atomic E-state index is -0.301. The normalized spacial score (nSPS) is 25.5. The lowest BCUT2D eigenvalue weighted by Crippen LogP contribution is -2.32. The second-order valence-electron chi connectivity index (χ2n) is 6.20. The predicted molar refractivity (Wildman–Crippen MR) is 71.9 cm³/mol. The molecule has 0 spiro atoms. The molecule has 1 aliphatic rings. The molecule has 1 aliphatic carbocycles. The first kappa shape index (κ1) is 12.6. The zero-order valence-electron chi connectivity index (χ0n) is 11.2. The minimum Gasteiger partial charge on any atom is -0.388 e. The molecule has 1 N–H and O–H groups in total. The standard InChI is InChI=1S/C16H24O/c1-12-7-6-8-13(11-12)15(17)14-9-4-5-10-16(14,2)3/h6-8,11,14-15,17H,4-5,9-10H2,1-3H3. The lowest BCUT2D eigenvalue weighted by Gasteiger charge is -2.41. The summed E-state index contributed by atoms with van der Waals surface area (Å²) in [6.45, 7) is 6.69. The largest absolute Gasteiger partial charge is 0.388 e. The summed E-state index contributed by atoms with van der Waals surface area (Å²) < 4.78 is 0. The Bertz CT molecular complexity index is 381. The zero-order valence-corrected chi connectivity index (χ0v) is 11.2. The van der Waals surface area contributed by atoms with Crippen LogP contribution in [0, 0.1) is 18.3 Å². The van der Waals surface area contributed by atoms with Crippen LogP contribution in [0.1, 0.15) is 56.8 Å². The first-order chi connectivity index (χ1) is 8.00. The fraction of sp³-hybridized carbons (Fsp3) is 0.625. The molecule has 1 aromatic carbocycles. The van der Waals surface area contributed by atoms with Crippen molar-refractivity contribution in [1.29, 1.82) is 0 Å². The van der Waals surface area contributed by atoms with E-state index in [0.29, 0.717) is 5.92 Å². The van der Waals surface area contributed by atoms with Crippen LogP contribution in [0.2, 0.25) is 0 Å². The average molecular weight is 232 g/mol. The van der Waals surface area contributed by atoms with Crippen LogP contribution < -0.4 is 0 Å². The third kappa shape index (κ3) is 2.71. The van der Waals surface area contributed by atoms with Gasteiger partial charge in [-0.15, -0.1) is 0 Å². The summed E-state index contributed by atoms with van der Waals surface area (Å²) in [5.41, 5.74) is 2.58. The number of rotatable bonds is 2. The molecule has 1 saturated carbocycles. The van der Waals surface area contributed by atoms with Gasteiger partial charge in [-0.3, -0.25) is 0 Å². The van der Waals surface area contributed by atoms with Crippen molar-refractivity contribution in [3.8, 4) is 0 Å². The smallest absolute Gasteiger partial charge is 0.0823 e. The molecule has 1 heteroatoms. The van der Waals surface area contributed by atoms with Crippen LogP contribution in [-0.4, -0.2) is 5.11 Å². The second kappa shape index (κ2) is 4.81. The van der Waals surface area contributed by atoms with Crippen LogP contribution in [0.25, 0.3) is 0 Å². The van der Waals surface area contributed by atoms with Crippen LogP contribution >= 0.6 is 0 Å². The molecule has 1 aromatic rings. The van der Waals surface area contributed by atoms with Gasteiger partial charge in [-0.25, -0.2) is 0 Å². The third-order valence-corrected chi connectivity index (χ3v) is 4.35. The Balaban J connectivity index is 2.21. The zero-order chi connectivity index (χ0) is 12.5. The average Bonchev–Trinajstić information content (AvgIpc) is 2.27. The molecule has 2 rings (SSSR count). The maximum atomic E-state index is 10.6. The van der Waals surface area contributed by atoms with Gasteiger partial charge in [0.2, 0.25) is 0 Å². The van der Waals surface area contributed by atoms with Gasteiger partial charge in [0.1, 0.15) is 0 Å². The van der Waals surface area contributed by atoms with E-state index < -0.39 is 0 Å². The molecule has 17 heavy (non-hydrogen) atoms. The Labute approximate surface area is 105 Å². The molecular formula is C16H24O. The van der Waals surface area contributed by atoms with Gasteiger partial charge in [-0.05, 0) is 36.7 Å². The molecule has 1 nitrogen and oxygen atoms in total. The Kier molecular flexibility index (Phi) is 3.58. The van der Waals surface area contributed by atoms with E-state index in [2.05, 4.69) is 39.0 Å². The van der Waals surface area contributed by atoms with E-state index in [1.165, 1.54) is 24.8 Å². The fourth-order valence-corrected chi connectivity index (χ4v) is 3.19. The summed E-state index contributed by atoms with van der Waals surface area (Å²) in [6, 6.07) is 8.31. The van der Waals surface area contributed by atoms with E-state index in [0.717, 1.165) is 12.0 Å². The molecule has 1 fully saturated rings. The number of aliphatic hydroxyl groups is 1. The molecule has 0 saturated heterocycles. The van der Waals surface area contributed by atoms with Gasteiger partial charge in [0.25, 0.3) is 0 Å². The van der Waals surface area contributed by atoms with Crippen LogP contribution in [0.4, 0.5) is 0 Å². The monoisotopic (exact) mass is 232 g/mol. The van der Waals surface area contributed by atoms with Gasteiger partial charge in [0, 0.05) is 0 Å². The van der Waals surface area contributed by atoms with Gasteiger partial charge in [0.05, 0.1) is 6.10 Å². The van der Waals surface area contributed by atoms with Crippen molar-refractivity contribution in [2.75, 3.05) is 0 Å². The maximum absolute atomic E-state index is 10.6. The number of aliphatic hydroxyl groups excluding tert-OH is 1. The van der Waals surface area contributed by atoms with E-state index in [9.17, 15) is 5.11 Å². The summed E-state index contributed by atoms with van der Waals surface area (Å²) in [4.78, 5) is 0. The quantitative estimate of drug-likeness (QED) is 0.808. The van der Waals surface area contributed by atoms with Crippen molar-refractivity contribution < 1.29 is 5.11 Å². The fourth-order valence-electron chi connectivity index (χ4n) is 3.19. The molecule has 0 bridgehead atoms. The van der Waals surface area contributed by atoms with Gasteiger partial charge in [-0.1, -0.05) is 56.5 Å². The molecule has 0 aromatic heterocycles. The van der Waals surface area contributed by atoms with Crippen molar-refractivity contribution in [2.45, 2.75) is 52.6 Å².